The van der Waals surface area contributed by atoms with Gasteiger partial charge in [0.15, 0.2) is 0 Å². The van der Waals surface area contributed by atoms with Gasteiger partial charge in [-0.25, -0.2) is 4.39 Å². The Morgan fingerprint density at radius 2 is 2.22 bits per heavy atom. The number of benzene rings is 1. The smallest absolute Gasteiger partial charge is 0.307 e. The average Bonchev–Trinajstić information content (AvgIpc) is 2.78. The highest BCUT2D eigenvalue weighted by molar-refractivity contribution is 5.70. The van der Waals surface area contributed by atoms with Gasteiger partial charge in [0.25, 0.3) is 0 Å². The summed E-state index contributed by atoms with van der Waals surface area (Å²) in [6, 6.07) is 4.91. The van der Waals surface area contributed by atoms with Gasteiger partial charge in [-0.15, -0.1) is 0 Å². The molecule has 0 radical (unpaired) electrons. The van der Waals surface area contributed by atoms with Gasteiger partial charge in [0.2, 0.25) is 0 Å². The minimum Gasteiger partial charge on any atom is -0.481 e. The molecule has 5 heteroatoms. The number of anilines is 1. The molecule has 0 bridgehead atoms. The third-order valence-corrected chi connectivity index (χ3v) is 3.33. The molecule has 2 rings (SSSR count). The van der Waals surface area contributed by atoms with Gasteiger partial charge < -0.3 is 15.3 Å². The molecule has 1 heterocycles. The number of aliphatic carboxylic acids is 1. The van der Waals surface area contributed by atoms with E-state index in [1.165, 1.54) is 6.07 Å². The van der Waals surface area contributed by atoms with E-state index < -0.39 is 5.97 Å². The van der Waals surface area contributed by atoms with Gasteiger partial charge in [-0.2, -0.15) is 0 Å². The third kappa shape index (κ3) is 2.46. The standard InChI is InChI=1S/C13H17FN2O2/c1-16(2)12-6-8(3-4-10(12)14)11-5-9(7-15-11)13(17)18/h3-4,6,9,11,15H,5,7H2,1-2H3,(H,17,18). The third-order valence-electron chi connectivity index (χ3n) is 3.33. The number of nitrogens with zero attached hydrogens (tertiary/aromatic N) is 1. The number of rotatable bonds is 3. The van der Waals surface area contributed by atoms with Crippen LogP contribution in [0.3, 0.4) is 0 Å². The fraction of sp³-hybridized carbons (Fsp3) is 0.462. The van der Waals surface area contributed by atoms with Gasteiger partial charge in [0.1, 0.15) is 5.82 Å². The van der Waals surface area contributed by atoms with Crippen LogP contribution in [0.4, 0.5) is 10.1 Å². The van der Waals surface area contributed by atoms with Crippen molar-refractivity contribution in [3.63, 3.8) is 0 Å². The molecule has 0 aromatic heterocycles. The lowest BCUT2D eigenvalue weighted by molar-refractivity contribution is -0.141. The van der Waals surface area contributed by atoms with Crippen molar-refractivity contribution >= 4 is 11.7 Å². The van der Waals surface area contributed by atoms with E-state index in [1.807, 2.05) is 0 Å². The van der Waals surface area contributed by atoms with Crippen LogP contribution in [0.25, 0.3) is 0 Å². The second-order valence-corrected chi connectivity index (χ2v) is 4.84. The Hall–Kier alpha value is -1.62. The molecule has 1 aromatic carbocycles. The molecule has 0 saturated carbocycles. The molecule has 18 heavy (non-hydrogen) atoms. The molecule has 0 amide bonds. The van der Waals surface area contributed by atoms with Crippen LogP contribution >= 0.6 is 0 Å². The first-order chi connectivity index (χ1) is 8.49. The van der Waals surface area contributed by atoms with E-state index in [-0.39, 0.29) is 17.8 Å². The molecule has 1 aliphatic heterocycles. The van der Waals surface area contributed by atoms with E-state index in [4.69, 9.17) is 5.11 Å². The SMILES string of the molecule is CN(C)c1cc(C2CC(C(=O)O)CN2)ccc1F. The summed E-state index contributed by atoms with van der Waals surface area (Å²) in [7, 11) is 3.56. The van der Waals surface area contributed by atoms with Gasteiger partial charge in [-0.05, 0) is 24.1 Å². The largest absolute Gasteiger partial charge is 0.481 e. The average molecular weight is 252 g/mol. The molecular weight excluding hydrogens is 235 g/mol. The molecular formula is C13H17FN2O2. The minimum absolute atomic E-state index is 0.00889. The normalized spacial score (nSPS) is 23.1. The number of carboxylic acid groups (broad SMARTS) is 1. The Morgan fingerprint density at radius 1 is 1.50 bits per heavy atom. The van der Waals surface area contributed by atoms with Crippen LogP contribution in [-0.4, -0.2) is 31.7 Å². The van der Waals surface area contributed by atoms with Crippen molar-refractivity contribution in [3.8, 4) is 0 Å². The van der Waals surface area contributed by atoms with Crippen LogP contribution in [0.2, 0.25) is 0 Å². The topological polar surface area (TPSA) is 52.6 Å². The van der Waals surface area contributed by atoms with Crippen molar-refractivity contribution in [2.75, 3.05) is 25.5 Å². The predicted molar refractivity (Wildman–Crippen MR) is 67.2 cm³/mol. The molecule has 1 aromatic rings. The van der Waals surface area contributed by atoms with Crippen molar-refractivity contribution in [1.82, 2.24) is 5.32 Å². The van der Waals surface area contributed by atoms with E-state index in [0.717, 1.165) is 5.56 Å². The maximum Gasteiger partial charge on any atom is 0.307 e. The number of nitrogens with one attached hydrogen (secondary N) is 1. The molecule has 2 atom stereocenters. The Kier molecular flexibility index (Phi) is 3.52. The van der Waals surface area contributed by atoms with Gasteiger partial charge in [0, 0.05) is 26.7 Å². The number of hydrogen-bond acceptors (Lipinski definition) is 3. The number of carboxylic acids is 1. The first-order valence-electron chi connectivity index (χ1n) is 5.92. The van der Waals surface area contributed by atoms with Crippen molar-refractivity contribution in [3.05, 3.63) is 29.6 Å². The van der Waals surface area contributed by atoms with Crippen LogP contribution < -0.4 is 10.2 Å². The van der Waals surface area contributed by atoms with Gasteiger partial charge in [0.05, 0.1) is 11.6 Å². The lowest BCUT2D eigenvalue weighted by Gasteiger charge is -2.17. The van der Waals surface area contributed by atoms with Gasteiger partial charge in [-0.1, -0.05) is 6.07 Å². The van der Waals surface area contributed by atoms with Crippen LogP contribution in [0.1, 0.15) is 18.0 Å². The summed E-state index contributed by atoms with van der Waals surface area (Å²) in [6.07, 6.45) is 0.549. The molecule has 1 aliphatic rings. The number of halogens is 1. The summed E-state index contributed by atoms with van der Waals surface area (Å²) in [5, 5.41) is 12.1. The highest BCUT2D eigenvalue weighted by Crippen LogP contribution is 2.30. The van der Waals surface area contributed by atoms with E-state index in [0.29, 0.717) is 18.7 Å². The zero-order valence-corrected chi connectivity index (χ0v) is 10.5. The van der Waals surface area contributed by atoms with Gasteiger partial charge in [-0.3, -0.25) is 4.79 Å². The van der Waals surface area contributed by atoms with E-state index >= 15 is 0 Å². The molecule has 0 aliphatic carbocycles. The quantitative estimate of drug-likeness (QED) is 0.858. The predicted octanol–water partition coefficient (Wildman–Crippen LogP) is 1.63. The van der Waals surface area contributed by atoms with E-state index in [9.17, 15) is 9.18 Å². The maximum atomic E-state index is 13.6. The van der Waals surface area contributed by atoms with Crippen LogP contribution in [-0.2, 0) is 4.79 Å². The highest BCUT2D eigenvalue weighted by atomic mass is 19.1. The maximum absolute atomic E-state index is 13.6. The monoisotopic (exact) mass is 252 g/mol. The van der Waals surface area contributed by atoms with Crippen molar-refractivity contribution in [2.45, 2.75) is 12.5 Å². The molecule has 4 nitrogen and oxygen atoms in total. The van der Waals surface area contributed by atoms with Crippen LogP contribution in [0, 0.1) is 11.7 Å². The summed E-state index contributed by atoms with van der Waals surface area (Å²) in [4.78, 5) is 12.6. The second kappa shape index (κ2) is 4.94. The Balaban J connectivity index is 2.20. The second-order valence-electron chi connectivity index (χ2n) is 4.84. The fourth-order valence-electron chi connectivity index (χ4n) is 2.27. The molecule has 2 N–H and O–H groups in total. The summed E-state index contributed by atoms with van der Waals surface area (Å²) >= 11 is 0. The van der Waals surface area contributed by atoms with Crippen molar-refractivity contribution < 1.29 is 14.3 Å². The summed E-state index contributed by atoms with van der Waals surface area (Å²) in [5.41, 5.74) is 1.46. The van der Waals surface area contributed by atoms with E-state index in [1.54, 1.807) is 31.1 Å². The Bertz CT molecular complexity index is 462. The van der Waals surface area contributed by atoms with E-state index in [2.05, 4.69) is 5.32 Å². The number of carbonyl (C=O) groups is 1. The van der Waals surface area contributed by atoms with Crippen LogP contribution in [0.15, 0.2) is 18.2 Å². The first kappa shape index (κ1) is 12.8. The molecule has 0 spiro atoms. The zero-order valence-electron chi connectivity index (χ0n) is 10.5. The molecule has 1 saturated heterocycles. The summed E-state index contributed by atoms with van der Waals surface area (Å²) in [6.45, 7) is 0.467. The lowest BCUT2D eigenvalue weighted by atomic mass is 9.99. The molecule has 2 unspecified atom stereocenters. The first-order valence-corrected chi connectivity index (χ1v) is 5.92. The number of hydrogen-bond donors (Lipinski definition) is 2. The van der Waals surface area contributed by atoms with Crippen molar-refractivity contribution in [1.29, 1.82) is 0 Å². The fourth-order valence-corrected chi connectivity index (χ4v) is 2.27. The minimum atomic E-state index is -0.778. The van der Waals surface area contributed by atoms with Crippen LogP contribution in [0.5, 0.6) is 0 Å². The summed E-state index contributed by atoms with van der Waals surface area (Å²) < 4.78 is 13.6. The molecule has 1 fully saturated rings. The highest BCUT2D eigenvalue weighted by Gasteiger charge is 2.30. The Morgan fingerprint density at radius 3 is 2.78 bits per heavy atom. The summed E-state index contributed by atoms with van der Waals surface area (Å²) in [5.74, 6) is -1.40. The van der Waals surface area contributed by atoms with Crippen molar-refractivity contribution in [2.24, 2.45) is 5.92 Å². The Labute approximate surface area is 105 Å². The van der Waals surface area contributed by atoms with Gasteiger partial charge >= 0.3 is 5.97 Å². The zero-order chi connectivity index (χ0) is 13.3. The molecule has 98 valence electrons. The lowest BCUT2D eigenvalue weighted by Crippen LogP contribution is -2.17.